The second-order valence-corrected chi connectivity index (χ2v) is 3.08. The maximum atomic E-state index is 2.16. The van der Waals surface area contributed by atoms with E-state index in [2.05, 4.69) is 31.2 Å². The molecule has 0 N–H and O–H groups in total. The van der Waals surface area contributed by atoms with E-state index in [-0.39, 0.29) is 0 Å². The van der Waals surface area contributed by atoms with Gasteiger partial charge >= 0.3 is 0 Å². The Labute approximate surface area is 60.3 Å². The van der Waals surface area contributed by atoms with Crippen molar-refractivity contribution in [2.45, 2.75) is 11.8 Å². The van der Waals surface area contributed by atoms with Crippen LogP contribution < -0.4 is 0 Å². The molecule has 0 saturated heterocycles. The predicted molar refractivity (Wildman–Crippen MR) is 42.8 cm³/mol. The summed E-state index contributed by atoms with van der Waals surface area (Å²) in [5, 5.41) is 0. The Hall–Kier alpha value is -0.430. The van der Waals surface area contributed by atoms with Crippen molar-refractivity contribution in [3.05, 3.63) is 30.3 Å². The molecule has 0 amide bonds. The molecule has 0 radical (unpaired) electrons. The number of rotatable bonds is 2. The predicted octanol–water partition coefficient (Wildman–Crippen LogP) is 2.80. The lowest BCUT2D eigenvalue weighted by molar-refractivity contribution is 1.43. The third-order valence-electron chi connectivity index (χ3n) is 1.05. The van der Waals surface area contributed by atoms with Gasteiger partial charge in [0, 0.05) is 4.90 Å². The Bertz CT molecular complexity index is 157. The highest BCUT2D eigenvalue weighted by atomic mass is 32.2. The van der Waals surface area contributed by atoms with Crippen molar-refractivity contribution in [1.29, 1.82) is 0 Å². The molecule has 0 saturated carbocycles. The second-order valence-electron chi connectivity index (χ2n) is 1.75. The normalized spacial score (nSPS) is 9.44. The first-order chi connectivity index (χ1) is 4.43. The Balaban J connectivity index is 2.61. The minimum atomic E-state index is 1.16. The van der Waals surface area contributed by atoms with Gasteiger partial charge < -0.3 is 0 Å². The summed E-state index contributed by atoms with van der Waals surface area (Å²) < 4.78 is 0. The largest absolute Gasteiger partial charge is 0.126 e. The second kappa shape index (κ2) is 3.57. The van der Waals surface area contributed by atoms with Gasteiger partial charge in [-0.1, -0.05) is 25.1 Å². The number of benzene rings is 1. The standard InChI is InChI=1S/C8H10S/c1-2-9-8-6-4-3-5-7-8/h3-7H,2H2,1H3/i1+1,2+1. The van der Waals surface area contributed by atoms with Crippen molar-refractivity contribution in [1.82, 2.24) is 0 Å². The van der Waals surface area contributed by atoms with E-state index in [1.165, 1.54) is 4.90 Å². The average Bonchev–Trinajstić information content (AvgIpc) is 1.91. The third kappa shape index (κ3) is 2.10. The van der Waals surface area contributed by atoms with E-state index in [1.807, 2.05) is 17.8 Å². The van der Waals surface area contributed by atoms with E-state index in [0.29, 0.717) is 0 Å². The zero-order valence-corrected chi connectivity index (χ0v) is 6.32. The average molecular weight is 140 g/mol. The van der Waals surface area contributed by atoms with Crippen LogP contribution in [0.2, 0.25) is 0 Å². The van der Waals surface area contributed by atoms with Crippen molar-refractivity contribution in [2.24, 2.45) is 0 Å². The third-order valence-corrected chi connectivity index (χ3v) is 1.95. The summed E-state index contributed by atoms with van der Waals surface area (Å²) in [7, 11) is 0. The first-order valence-corrected chi connectivity index (χ1v) is 4.10. The maximum Gasteiger partial charge on any atom is 0.00718 e. The molecule has 0 fully saturated rings. The molecule has 48 valence electrons. The molecule has 9 heavy (non-hydrogen) atoms. The van der Waals surface area contributed by atoms with E-state index in [9.17, 15) is 0 Å². The zero-order chi connectivity index (χ0) is 6.53. The molecule has 0 aliphatic carbocycles. The Morgan fingerprint density at radius 3 is 2.44 bits per heavy atom. The van der Waals surface area contributed by atoms with Crippen molar-refractivity contribution in [2.75, 3.05) is 5.75 Å². The molecular weight excluding hydrogens is 130 g/mol. The van der Waals surface area contributed by atoms with Crippen molar-refractivity contribution >= 4 is 11.8 Å². The van der Waals surface area contributed by atoms with E-state index in [4.69, 9.17) is 0 Å². The van der Waals surface area contributed by atoms with Crippen LogP contribution >= 0.6 is 11.8 Å². The number of hydrogen-bond acceptors (Lipinski definition) is 1. The van der Waals surface area contributed by atoms with Crippen LogP contribution in [-0.2, 0) is 0 Å². The molecule has 1 rings (SSSR count). The van der Waals surface area contributed by atoms with Gasteiger partial charge in [-0.25, -0.2) is 0 Å². The van der Waals surface area contributed by atoms with Crippen LogP contribution in [0.3, 0.4) is 0 Å². The van der Waals surface area contributed by atoms with E-state index in [0.717, 1.165) is 5.75 Å². The summed E-state index contributed by atoms with van der Waals surface area (Å²) in [6.45, 7) is 2.16. The summed E-state index contributed by atoms with van der Waals surface area (Å²) in [4.78, 5) is 1.36. The molecule has 1 aromatic carbocycles. The monoisotopic (exact) mass is 140 g/mol. The summed E-state index contributed by atoms with van der Waals surface area (Å²) in [5.74, 6) is 1.16. The van der Waals surface area contributed by atoms with Gasteiger partial charge in [-0.15, -0.1) is 11.8 Å². The molecule has 0 aromatic heterocycles. The highest BCUT2D eigenvalue weighted by Gasteiger charge is 1.84. The van der Waals surface area contributed by atoms with E-state index >= 15 is 0 Å². The van der Waals surface area contributed by atoms with Gasteiger partial charge in [-0.05, 0) is 17.9 Å². The molecular formula is C8H10S. The minimum absolute atomic E-state index is 1.16. The fourth-order valence-electron chi connectivity index (χ4n) is 0.683. The summed E-state index contributed by atoms with van der Waals surface area (Å²) in [6.07, 6.45) is 0. The number of thioether (sulfide) groups is 1. The summed E-state index contributed by atoms with van der Waals surface area (Å²) >= 11 is 1.88. The van der Waals surface area contributed by atoms with Crippen LogP contribution in [0.5, 0.6) is 0 Å². The Morgan fingerprint density at radius 1 is 1.22 bits per heavy atom. The van der Waals surface area contributed by atoms with Crippen molar-refractivity contribution in [3.63, 3.8) is 0 Å². The Morgan fingerprint density at radius 2 is 1.89 bits per heavy atom. The van der Waals surface area contributed by atoms with Crippen LogP contribution in [0.15, 0.2) is 35.2 Å². The summed E-state index contributed by atoms with van der Waals surface area (Å²) in [5.41, 5.74) is 0. The van der Waals surface area contributed by atoms with E-state index < -0.39 is 0 Å². The van der Waals surface area contributed by atoms with Crippen LogP contribution in [0.4, 0.5) is 0 Å². The van der Waals surface area contributed by atoms with Gasteiger partial charge in [-0.2, -0.15) is 0 Å². The highest BCUT2D eigenvalue weighted by Crippen LogP contribution is 2.15. The lowest BCUT2D eigenvalue weighted by Crippen LogP contribution is -1.68. The SMILES string of the molecule is [13CH3][13CH2]Sc1ccccc1. The maximum absolute atomic E-state index is 2.16. The van der Waals surface area contributed by atoms with Crippen LogP contribution in [-0.4, -0.2) is 5.75 Å². The minimum Gasteiger partial charge on any atom is -0.126 e. The molecule has 0 spiro atoms. The first-order valence-electron chi connectivity index (χ1n) is 3.11. The zero-order valence-electron chi connectivity index (χ0n) is 5.50. The van der Waals surface area contributed by atoms with Gasteiger partial charge in [0.2, 0.25) is 0 Å². The lowest BCUT2D eigenvalue weighted by Gasteiger charge is -1.93. The van der Waals surface area contributed by atoms with Gasteiger partial charge in [0.05, 0.1) is 0 Å². The smallest absolute Gasteiger partial charge is 0.00718 e. The van der Waals surface area contributed by atoms with Crippen molar-refractivity contribution in [3.8, 4) is 0 Å². The van der Waals surface area contributed by atoms with Gasteiger partial charge in [-0.3, -0.25) is 0 Å². The van der Waals surface area contributed by atoms with Gasteiger partial charge in [0.15, 0.2) is 0 Å². The summed E-state index contributed by atoms with van der Waals surface area (Å²) in [6, 6.07) is 10.4. The molecule has 1 heteroatoms. The molecule has 0 heterocycles. The molecule has 0 aliphatic heterocycles. The highest BCUT2D eigenvalue weighted by molar-refractivity contribution is 7.99. The molecule has 0 bridgehead atoms. The molecule has 0 unspecified atom stereocenters. The molecule has 1 aromatic rings. The fraction of sp³-hybridized carbons (Fsp3) is 0.250. The van der Waals surface area contributed by atoms with Crippen LogP contribution in [0.1, 0.15) is 6.92 Å². The van der Waals surface area contributed by atoms with Crippen LogP contribution in [0, 0.1) is 0 Å². The van der Waals surface area contributed by atoms with Gasteiger partial charge in [0.1, 0.15) is 0 Å². The molecule has 0 nitrogen and oxygen atoms in total. The molecule has 0 atom stereocenters. The topological polar surface area (TPSA) is 0 Å². The van der Waals surface area contributed by atoms with Gasteiger partial charge in [0.25, 0.3) is 0 Å². The fourth-order valence-corrected chi connectivity index (χ4v) is 1.37. The van der Waals surface area contributed by atoms with E-state index in [1.54, 1.807) is 0 Å². The number of hydrogen-bond donors (Lipinski definition) is 0. The quantitative estimate of drug-likeness (QED) is 0.449. The first kappa shape index (κ1) is 6.69. The van der Waals surface area contributed by atoms with Crippen LogP contribution in [0.25, 0.3) is 0 Å². The Kier molecular flexibility index (Phi) is 2.65. The lowest BCUT2D eigenvalue weighted by atomic mass is 10.4. The van der Waals surface area contributed by atoms with Crippen molar-refractivity contribution < 1.29 is 0 Å². The molecule has 0 aliphatic rings.